The zero-order valence-electron chi connectivity index (χ0n) is 8.63. The van der Waals surface area contributed by atoms with Gasteiger partial charge in [0, 0.05) is 18.6 Å². The lowest BCUT2D eigenvalue weighted by Gasteiger charge is -2.22. The third-order valence-electron chi connectivity index (χ3n) is 1.95. The maximum Gasteiger partial charge on any atom is 0.236 e. The molecule has 0 rings (SSSR count). The van der Waals surface area contributed by atoms with Crippen molar-refractivity contribution in [2.75, 3.05) is 13.2 Å². The summed E-state index contributed by atoms with van der Waals surface area (Å²) in [5.74, 6) is -0.149. The zero-order valence-corrected chi connectivity index (χ0v) is 8.63. The van der Waals surface area contributed by atoms with Crippen LogP contribution in [0.3, 0.4) is 0 Å². The fourth-order valence-corrected chi connectivity index (χ4v) is 0.699. The Morgan fingerprint density at radius 1 is 1.62 bits per heavy atom. The lowest BCUT2D eigenvalue weighted by Crippen LogP contribution is -2.44. The number of nitrogens with two attached hydrogens (primary N) is 1. The van der Waals surface area contributed by atoms with E-state index in [1.165, 1.54) is 0 Å². The first-order valence-corrected chi connectivity index (χ1v) is 4.57. The third kappa shape index (κ3) is 4.85. The summed E-state index contributed by atoms with van der Waals surface area (Å²) in [4.78, 5) is 11.2. The maximum atomic E-state index is 11.2. The van der Waals surface area contributed by atoms with E-state index in [2.05, 4.69) is 5.32 Å². The van der Waals surface area contributed by atoms with Crippen molar-refractivity contribution in [3.05, 3.63) is 0 Å². The number of amides is 1. The van der Waals surface area contributed by atoms with Crippen LogP contribution < -0.4 is 11.1 Å². The molecule has 0 fully saturated rings. The van der Waals surface area contributed by atoms with Crippen LogP contribution >= 0.6 is 0 Å². The van der Waals surface area contributed by atoms with Crippen LogP contribution in [0.25, 0.3) is 0 Å². The molecule has 4 nitrogen and oxygen atoms in total. The first-order valence-electron chi connectivity index (χ1n) is 4.57. The molecule has 78 valence electrons. The number of carbonyl (C=O) groups excluding carboxylic acids is 1. The summed E-state index contributed by atoms with van der Waals surface area (Å²) in [7, 11) is 0. The monoisotopic (exact) mass is 188 g/mol. The molecule has 0 unspecified atom stereocenters. The van der Waals surface area contributed by atoms with Crippen LogP contribution in [0.2, 0.25) is 0 Å². The number of nitrogens with one attached hydrogen (secondary N) is 1. The van der Waals surface area contributed by atoms with Crippen molar-refractivity contribution in [3.8, 4) is 0 Å². The summed E-state index contributed by atoms with van der Waals surface area (Å²) >= 11 is 0. The van der Waals surface area contributed by atoms with Crippen molar-refractivity contribution in [1.82, 2.24) is 5.32 Å². The smallest absolute Gasteiger partial charge is 0.236 e. The first-order chi connectivity index (χ1) is 5.93. The highest BCUT2D eigenvalue weighted by Gasteiger charge is 2.19. The van der Waals surface area contributed by atoms with E-state index in [0.717, 1.165) is 0 Å². The molecule has 4 N–H and O–H groups in total. The molecule has 13 heavy (non-hydrogen) atoms. The van der Waals surface area contributed by atoms with Gasteiger partial charge in [0.05, 0.1) is 6.04 Å². The normalized spacial score (nSPS) is 13.9. The standard InChI is InChI=1S/C9H20N2O2/c1-4-7(10)8(13)11-5-9(2,3)6-12/h7,12H,4-6,10H2,1-3H3,(H,11,13)/t7-/m0/s1. The van der Waals surface area contributed by atoms with Gasteiger partial charge in [-0.15, -0.1) is 0 Å². The number of rotatable bonds is 5. The Hall–Kier alpha value is -0.610. The van der Waals surface area contributed by atoms with Gasteiger partial charge >= 0.3 is 0 Å². The van der Waals surface area contributed by atoms with E-state index in [1.54, 1.807) is 0 Å². The molecule has 0 aromatic heterocycles. The number of aliphatic hydroxyl groups is 1. The van der Waals surface area contributed by atoms with Gasteiger partial charge < -0.3 is 16.2 Å². The Morgan fingerprint density at radius 3 is 2.54 bits per heavy atom. The fourth-order valence-electron chi connectivity index (χ4n) is 0.699. The van der Waals surface area contributed by atoms with Gasteiger partial charge in [0.2, 0.25) is 5.91 Å². The Balaban J connectivity index is 3.83. The highest BCUT2D eigenvalue weighted by Crippen LogP contribution is 2.11. The molecular weight excluding hydrogens is 168 g/mol. The van der Waals surface area contributed by atoms with E-state index in [4.69, 9.17) is 10.8 Å². The Morgan fingerprint density at radius 2 is 2.15 bits per heavy atom. The quantitative estimate of drug-likeness (QED) is 0.562. The topological polar surface area (TPSA) is 75.4 Å². The van der Waals surface area contributed by atoms with Crippen LogP contribution in [0.15, 0.2) is 0 Å². The summed E-state index contributed by atoms with van der Waals surface area (Å²) in [6.07, 6.45) is 0.630. The summed E-state index contributed by atoms with van der Waals surface area (Å²) < 4.78 is 0. The highest BCUT2D eigenvalue weighted by molar-refractivity contribution is 5.81. The second-order valence-corrected chi connectivity index (χ2v) is 4.05. The van der Waals surface area contributed by atoms with E-state index in [9.17, 15) is 4.79 Å². The molecule has 0 aliphatic rings. The molecule has 4 heteroatoms. The van der Waals surface area contributed by atoms with Crippen LogP contribution in [-0.4, -0.2) is 30.2 Å². The largest absolute Gasteiger partial charge is 0.396 e. The second-order valence-electron chi connectivity index (χ2n) is 4.05. The van der Waals surface area contributed by atoms with Crippen molar-refractivity contribution in [2.24, 2.45) is 11.1 Å². The van der Waals surface area contributed by atoms with Gasteiger partial charge in [-0.1, -0.05) is 20.8 Å². The van der Waals surface area contributed by atoms with Crippen LogP contribution in [0.4, 0.5) is 0 Å². The van der Waals surface area contributed by atoms with Gasteiger partial charge in [0.25, 0.3) is 0 Å². The van der Waals surface area contributed by atoms with Gasteiger partial charge in [0.15, 0.2) is 0 Å². The van der Waals surface area contributed by atoms with Crippen molar-refractivity contribution >= 4 is 5.91 Å². The summed E-state index contributed by atoms with van der Waals surface area (Å²) in [6.45, 7) is 6.13. The van der Waals surface area contributed by atoms with E-state index in [0.29, 0.717) is 13.0 Å². The van der Waals surface area contributed by atoms with Crippen molar-refractivity contribution in [3.63, 3.8) is 0 Å². The Bertz CT molecular complexity index is 169. The molecule has 0 heterocycles. The molecule has 1 amide bonds. The zero-order chi connectivity index (χ0) is 10.5. The molecule has 0 saturated carbocycles. The average molecular weight is 188 g/mol. The number of hydrogen-bond donors (Lipinski definition) is 3. The maximum absolute atomic E-state index is 11.2. The molecule has 0 aromatic carbocycles. The molecule has 0 aliphatic heterocycles. The summed E-state index contributed by atoms with van der Waals surface area (Å²) in [5.41, 5.74) is 5.24. The Kier molecular flexibility index (Phi) is 4.95. The molecule has 0 saturated heterocycles. The molecule has 0 radical (unpaired) electrons. The molecule has 1 atom stereocenters. The van der Waals surface area contributed by atoms with Crippen LogP contribution in [-0.2, 0) is 4.79 Å². The SMILES string of the molecule is CC[C@H](N)C(=O)NCC(C)(C)CO. The van der Waals surface area contributed by atoms with Crippen molar-refractivity contribution in [1.29, 1.82) is 0 Å². The minimum absolute atomic E-state index is 0.0502. The van der Waals surface area contributed by atoms with E-state index >= 15 is 0 Å². The average Bonchev–Trinajstić information content (AvgIpc) is 2.13. The van der Waals surface area contributed by atoms with Gasteiger partial charge in [-0.3, -0.25) is 4.79 Å². The van der Waals surface area contributed by atoms with E-state index < -0.39 is 6.04 Å². The summed E-state index contributed by atoms with van der Waals surface area (Å²) in [5, 5.41) is 11.6. The number of carbonyl (C=O) groups is 1. The predicted molar refractivity (Wildman–Crippen MR) is 52.1 cm³/mol. The van der Waals surface area contributed by atoms with Crippen molar-refractivity contribution < 1.29 is 9.90 Å². The number of hydrogen-bond acceptors (Lipinski definition) is 3. The minimum Gasteiger partial charge on any atom is -0.396 e. The van der Waals surface area contributed by atoms with Gasteiger partial charge in [-0.05, 0) is 6.42 Å². The first kappa shape index (κ1) is 12.4. The molecule has 0 bridgehead atoms. The fraction of sp³-hybridized carbons (Fsp3) is 0.889. The van der Waals surface area contributed by atoms with Crippen LogP contribution in [0.1, 0.15) is 27.2 Å². The highest BCUT2D eigenvalue weighted by atomic mass is 16.3. The molecule has 0 spiro atoms. The van der Waals surface area contributed by atoms with E-state index in [1.807, 2.05) is 20.8 Å². The Labute approximate surface area is 79.5 Å². The van der Waals surface area contributed by atoms with Gasteiger partial charge in [0.1, 0.15) is 0 Å². The number of aliphatic hydroxyl groups excluding tert-OH is 1. The molecular formula is C9H20N2O2. The lowest BCUT2D eigenvalue weighted by atomic mass is 9.95. The third-order valence-corrected chi connectivity index (χ3v) is 1.95. The van der Waals surface area contributed by atoms with Crippen LogP contribution in [0.5, 0.6) is 0 Å². The van der Waals surface area contributed by atoms with E-state index in [-0.39, 0.29) is 17.9 Å². The predicted octanol–water partition coefficient (Wildman–Crippen LogP) is -0.142. The second kappa shape index (κ2) is 5.19. The van der Waals surface area contributed by atoms with Gasteiger partial charge in [-0.2, -0.15) is 0 Å². The van der Waals surface area contributed by atoms with Crippen molar-refractivity contribution in [2.45, 2.75) is 33.2 Å². The molecule has 0 aliphatic carbocycles. The van der Waals surface area contributed by atoms with Crippen LogP contribution in [0, 0.1) is 5.41 Å². The van der Waals surface area contributed by atoms with Gasteiger partial charge in [-0.25, -0.2) is 0 Å². The molecule has 0 aromatic rings. The lowest BCUT2D eigenvalue weighted by molar-refractivity contribution is -0.122. The minimum atomic E-state index is -0.436. The summed E-state index contributed by atoms with van der Waals surface area (Å²) in [6, 6.07) is -0.436.